The van der Waals surface area contributed by atoms with Crippen LogP contribution in [0.5, 0.6) is 5.75 Å². The lowest BCUT2D eigenvalue weighted by atomic mass is 10.2. The number of terminal acetylenes is 1. The molecule has 0 aliphatic carbocycles. The Morgan fingerprint density at radius 1 is 1.45 bits per heavy atom. The van der Waals surface area contributed by atoms with Gasteiger partial charge in [0.15, 0.2) is 0 Å². The zero-order valence-corrected chi connectivity index (χ0v) is 12.1. The molecule has 2 rings (SSSR count). The van der Waals surface area contributed by atoms with Gasteiger partial charge in [-0.1, -0.05) is 19.8 Å². The van der Waals surface area contributed by atoms with Gasteiger partial charge in [-0.15, -0.1) is 6.42 Å². The molecule has 0 radical (unpaired) electrons. The second-order valence-corrected chi connectivity index (χ2v) is 4.77. The van der Waals surface area contributed by atoms with Gasteiger partial charge in [0.1, 0.15) is 11.6 Å². The fraction of sp³-hybridized carbons (Fsp3) is 0.438. The van der Waals surface area contributed by atoms with E-state index >= 15 is 0 Å². The van der Waals surface area contributed by atoms with Crippen molar-refractivity contribution >= 4 is 11.0 Å². The summed E-state index contributed by atoms with van der Waals surface area (Å²) in [5.74, 6) is 4.34. The smallest absolute Gasteiger partial charge is 0.127 e. The van der Waals surface area contributed by atoms with E-state index < -0.39 is 0 Å². The maximum absolute atomic E-state index is 6.12. The van der Waals surface area contributed by atoms with Gasteiger partial charge >= 0.3 is 0 Å². The molecule has 106 valence electrons. The van der Waals surface area contributed by atoms with Gasteiger partial charge in [0.2, 0.25) is 0 Å². The third-order valence-electron chi connectivity index (χ3n) is 3.24. The van der Waals surface area contributed by atoms with Crippen LogP contribution in [0.1, 0.15) is 38.6 Å². The van der Waals surface area contributed by atoms with Gasteiger partial charge in [0.05, 0.1) is 30.2 Å². The molecular formula is C16H21N3O. The Balaban J connectivity index is 2.47. The standard InChI is InChI=1S/C16H21N3O/c1-4-9-19-15-8-7-12(20-10-5-2)11-14(15)18-16(19)13(17)6-3/h1,7-8,11,13H,5-6,9-10,17H2,2-3H3. The number of nitrogens with zero attached hydrogens (tertiary/aromatic N) is 2. The van der Waals surface area contributed by atoms with Crippen molar-refractivity contribution in [1.82, 2.24) is 9.55 Å². The molecule has 1 aromatic heterocycles. The Bertz CT molecular complexity index is 624. The summed E-state index contributed by atoms with van der Waals surface area (Å²) in [5.41, 5.74) is 8.01. The minimum Gasteiger partial charge on any atom is -0.494 e. The first kappa shape index (κ1) is 14.4. The molecule has 1 aromatic carbocycles. The van der Waals surface area contributed by atoms with Crippen molar-refractivity contribution in [2.45, 2.75) is 39.3 Å². The maximum Gasteiger partial charge on any atom is 0.127 e. The van der Waals surface area contributed by atoms with Crippen molar-refractivity contribution in [1.29, 1.82) is 0 Å². The Labute approximate surface area is 119 Å². The van der Waals surface area contributed by atoms with Gasteiger partial charge in [-0.2, -0.15) is 0 Å². The normalized spacial score (nSPS) is 12.3. The van der Waals surface area contributed by atoms with E-state index in [1.54, 1.807) is 0 Å². The lowest BCUT2D eigenvalue weighted by Crippen LogP contribution is -2.15. The number of benzene rings is 1. The fourth-order valence-electron chi connectivity index (χ4n) is 2.16. The monoisotopic (exact) mass is 271 g/mol. The SMILES string of the molecule is C#CCn1c(C(N)CC)nc2cc(OCCC)ccc21. The van der Waals surface area contributed by atoms with E-state index in [0.717, 1.165) is 35.4 Å². The summed E-state index contributed by atoms with van der Waals surface area (Å²) in [6.07, 6.45) is 7.26. The van der Waals surface area contributed by atoms with Gasteiger partial charge in [0.25, 0.3) is 0 Å². The topological polar surface area (TPSA) is 53.1 Å². The zero-order valence-electron chi connectivity index (χ0n) is 12.1. The van der Waals surface area contributed by atoms with Crippen molar-refractivity contribution in [3.8, 4) is 18.1 Å². The molecule has 2 aromatic rings. The first-order valence-electron chi connectivity index (χ1n) is 7.03. The summed E-state index contributed by atoms with van der Waals surface area (Å²) in [7, 11) is 0. The van der Waals surface area contributed by atoms with Crippen LogP contribution in [0.4, 0.5) is 0 Å². The molecule has 4 nitrogen and oxygen atoms in total. The molecule has 0 amide bonds. The van der Waals surface area contributed by atoms with E-state index in [0.29, 0.717) is 13.2 Å². The van der Waals surface area contributed by atoms with Gasteiger partial charge in [0, 0.05) is 6.07 Å². The maximum atomic E-state index is 6.12. The molecule has 0 spiro atoms. The quantitative estimate of drug-likeness (QED) is 0.822. The van der Waals surface area contributed by atoms with Gasteiger partial charge in [-0.3, -0.25) is 0 Å². The molecular weight excluding hydrogens is 250 g/mol. The number of rotatable bonds is 6. The predicted octanol–water partition coefficient (Wildman–Crippen LogP) is 2.87. The summed E-state index contributed by atoms with van der Waals surface area (Å²) >= 11 is 0. The van der Waals surface area contributed by atoms with Crippen LogP contribution in [0.25, 0.3) is 11.0 Å². The number of ether oxygens (including phenoxy) is 1. The first-order chi connectivity index (χ1) is 9.71. The highest BCUT2D eigenvalue weighted by Crippen LogP contribution is 2.25. The van der Waals surface area contributed by atoms with Crippen LogP contribution in [0, 0.1) is 12.3 Å². The molecule has 0 saturated heterocycles. The molecule has 0 fully saturated rings. The van der Waals surface area contributed by atoms with E-state index in [-0.39, 0.29) is 6.04 Å². The number of hydrogen-bond donors (Lipinski definition) is 1. The van der Waals surface area contributed by atoms with Crippen molar-refractivity contribution in [2.24, 2.45) is 5.73 Å². The molecule has 4 heteroatoms. The molecule has 0 aliphatic rings. The molecule has 0 saturated carbocycles. The van der Waals surface area contributed by atoms with Gasteiger partial charge in [-0.05, 0) is 25.0 Å². The summed E-state index contributed by atoms with van der Waals surface area (Å²) in [6, 6.07) is 5.80. The minimum atomic E-state index is -0.101. The zero-order chi connectivity index (χ0) is 14.5. The Hall–Kier alpha value is -1.99. The summed E-state index contributed by atoms with van der Waals surface area (Å²) in [5, 5.41) is 0. The Morgan fingerprint density at radius 2 is 2.25 bits per heavy atom. The number of fused-ring (bicyclic) bond motifs is 1. The van der Waals surface area contributed by atoms with Crippen LogP contribution in [0.3, 0.4) is 0 Å². The van der Waals surface area contributed by atoms with E-state index in [2.05, 4.69) is 17.8 Å². The number of hydrogen-bond acceptors (Lipinski definition) is 3. The third-order valence-corrected chi connectivity index (χ3v) is 3.24. The molecule has 1 atom stereocenters. The van der Waals surface area contributed by atoms with E-state index in [9.17, 15) is 0 Å². The van der Waals surface area contributed by atoms with Crippen LogP contribution >= 0.6 is 0 Å². The van der Waals surface area contributed by atoms with E-state index in [1.807, 2.05) is 29.7 Å². The average Bonchev–Trinajstić information content (AvgIpc) is 2.83. The van der Waals surface area contributed by atoms with Crippen LogP contribution in [0.2, 0.25) is 0 Å². The van der Waals surface area contributed by atoms with Crippen molar-refractivity contribution in [3.63, 3.8) is 0 Å². The van der Waals surface area contributed by atoms with Crippen LogP contribution in [0.15, 0.2) is 18.2 Å². The number of nitrogens with two attached hydrogens (primary N) is 1. The highest BCUT2D eigenvalue weighted by molar-refractivity contribution is 5.78. The lowest BCUT2D eigenvalue weighted by Gasteiger charge is -2.10. The molecule has 1 heterocycles. The van der Waals surface area contributed by atoms with Crippen LogP contribution in [-0.2, 0) is 6.54 Å². The summed E-state index contributed by atoms with van der Waals surface area (Å²) in [4.78, 5) is 4.63. The summed E-state index contributed by atoms with van der Waals surface area (Å²) < 4.78 is 7.65. The minimum absolute atomic E-state index is 0.101. The van der Waals surface area contributed by atoms with Crippen LogP contribution < -0.4 is 10.5 Å². The molecule has 20 heavy (non-hydrogen) atoms. The Kier molecular flexibility index (Phi) is 4.65. The van der Waals surface area contributed by atoms with E-state index in [4.69, 9.17) is 16.9 Å². The predicted molar refractivity (Wildman–Crippen MR) is 81.6 cm³/mol. The van der Waals surface area contributed by atoms with Crippen molar-refractivity contribution in [3.05, 3.63) is 24.0 Å². The second-order valence-electron chi connectivity index (χ2n) is 4.77. The third kappa shape index (κ3) is 2.78. The lowest BCUT2D eigenvalue weighted by molar-refractivity contribution is 0.318. The molecule has 1 unspecified atom stereocenters. The molecule has 0 bridgehead atoms. The highest BCUT2D eigenvalue weighted by atomic mass is 16.5. The molecule has 2 N–H and O–H groups in total. The van der Waals surface area contributed by atoms with Crippen molar-refractivity contribution in [2.75, 3.05) is 6.61 Å². The highest BCUT2D eigenvalue weighted by Gasteiger charge is 2.15. The average molecular weight is 271 g/mol. The second kappa shape index (κ2) is 6.44. The fourth-order valence-corrected chi connectivity index (χ4v) is 2.16. The Morgan fingerprint density at radius 3 is 2.90 bits per heavy atom. The number of imidazole rings is 1. The van der Waals surface area contributed by atoms with Crippen LogP contribution in [-0.4, -0.2) is 16.2 Å². The largest absolute Gasteiger partial charge is 0.494 e. The number of aromatic nitrogens is 2. The van der Waals surface area contributed by atoms with E-state index in [1.165, 1.54) is 0 Å². The first-order valence-corrected chi connectivity index (χ1v) is 7.03. The van der Waals surface area contributed by atoms with Crippen molar-refractivity contribution < 1.29 is 4.74 Å². The van der Waals surface area contributed by atoms with Gasteiger partial charge in [-0.25, -0.2) is 4.98 Å². The summed E-state index contributed by atoms with van der Waals surface area (Å²) in [6.45, 7) is 5.31. The van der Waals surface area contributed by atoms with Gasteiger partial charge < -0.3 is 15.0 Å². The molecule has 0 aliphatic heterocycles.